The van der Waals surface area contributed by atoms with Crippen LogP contribution in [0.5, 0.6) is 0 Å². The van der Waals surface area contributed by atoms with Crippen LogP contribution in [0.25, 0.3) is 0 Å². The number of allylic oxidation sites excluding steroid dienone is 1. The number of methoxy groups -OCH3 is 1. The Morgan fingerprint density at radius 2 is 2.00 bits per heavy atom. The number of hydrogen-bond donors (Lipinski definition) is 0. The van der Waals surface area contributed by atoms with Crippen LogP contribution < -0.4 is 0 Å². The molecular weight excluding hydrogens is 231 g/mol. The first-order valence-electron chi connectivity index (χ1n) is 5.87. The van der Waals surface area contributed by atoms with Gasteiger partial charge in [-0.05, 0) is 26.2 Å². The molecule has 4 nitrogen and oxygen atoms in total. The van der Waals surface area contributed by atoms with Crippen LogP contribution in [0.1, 0.15) is 32.6 Å². The summed E-state index contributed by atoms with van der Waals surface area (Å²) in [4.78, 5) is 22.5. The predicted molar refractivity (Wildman–Crippen MR) is 71.4 cm³/mol. The summed E-state index contributed by atoms with van der Waals surface area (Å²) in [5.41, 5.74) is 0. The molecule has 0 aliphatic heterocycles. The number of Topliss-reactive ketones (excluding diaryl/α,β-unsaturated/α-hetero) is 1. The van der Waals surface area contributed by atoms with Gasteiger partial charge in [-0.1, -0.05) is 6.08 Å². The third-order valence-corrected chi connectivity index (χ3v) is 2.45. The molecule has 0 saturated carbocycles. The third kappa shape index (κ3) is 10.1. The number of ether oxygens (including phenoxy) is 2. The number of hydrogen-bond acceptors (Lipinski definition) is 4. The van der Waals surface area contributed by atoms with Crippen molar-refractivity contribution in [2.45, 2.75) is 32.6 Å². The monoisotopic (exact) mass is 253 g/mol. The van der Waals surface area contributed by atoms with Crippen molar-refractivity contribution >= 4 is 20.2 Å². The van der Waals surface area contributed by atoms with Gasteiger partial charge in [0.15, 0.2) is 0 Å². The van der Waals surface area contributed by atoms with Gasteiger partial charge in [0.2, 0.25) is 0 Å². The van der Waals surface area contributed by atoms with Gasteiger partial charge >= 0.3 is 5.97 Å². The summed E-state index contributed by atoms with van der Waals surface area (Å²) in [7, 11) is 1.63. The third-order valence-electron chi connectivity index (χ3n) is 2.45. The van der Waals surface area contributed by atoms with Crippen LogP contribution in [0.2, 0.25) is 0 Å². The first-order chi connectivity index (χ1) is 8.11. The van der Waals surface area contributed by atoms with Crippen molar-refractivity contribution in [1.29, 1.82) is 0 Å². The highest BCUT2D eigenvalue weighted by molar-refractivity contribution is 5.79. The SMILES string of the molecule is C=CCC(COC(=O)CCCCOC)C(C)=O.[B]. The maximum Gasteiger partial charge on any atom is 0.305 e. The van der Waals surface area contributed by atoms with E-state index in [4.69, 9.17) is 9.47 Å². The Morgan fingerprint density at radius 1 is 1.33 bits per heavy atom. The molecule has 18 heavy (non-hydrogen) atoms. The predicted octanol–water partition coefficient (Wildman–Crippen LogP) is 1.75. The van der Waals surface area contributed by atoms with Crippen LogP contribution in [0, 0.1) is 5.92 Å². The maximum absolute atomic E-state index is 11.3. The first-order valence-corrected chi connectivity index (χ1v) is 5.87. The van der Waals surface area contributed by atoms with E-state index in [1.165, 1.54) is 6.92 Å². The lowest BCUT2D eigenvalue weighted by atomic mass is 10.0. The van der Waals surface area contributed by atoms with Gasteiger partial charge in [-0.15, -0.1) is 6.58 Å². The van der Waals surface area contributed by atoms with Gasteiger partial charge in [0.25, 0.3) is 0 Å². The van der Waals surface area contributed by atoms with E-state index in [1.807, 2.05) is 0 Å². The minimum Gasteiger partial charge on any atom is -0.465 e. The molecule has 0 rings (SSSR count). The van der Waals surface area contributed by atoms with Crippen LogP contribution in [0.4, 0.5) is 0 Å². The van der Waals surface area contributed by atoms with Crippen molar-refractivity contribution in [1.82, 2.24) is 0 Å². The summed E-state index contributed by atoms with van der Waals surface area (Å²) >= 11 is 0. The molecule has 0 aliphatic carbocycles. The van der Waals surface area contributed by atoms with E-state index >= 15 is 0 Å². The summed E-state index contributed by atoms with van der Waals surface area (Å²) in [6.45, 7) is 5.88. The molecule has 0 aromatic carbocycles. The summed E-state index contributed by atoms with van der Waals surface area (Å²) in [6, 6.07) is 0. The van der Waals surface area contributed by atoms with Crippen LogP contribution in [0.15, 0.2) is 12.7 Å². The highest BCUT2D eigenvalue weighted by Gasteiger charge is 2.14. The molecule has 0 amide bonds. The van der Waals surface area contributed by atoms with Crippen LogP contribution in [-0.4, -0.2) is 40.5 Å². The molecule has 0 aromatic heterocycles. The van der Waals surface area contributed by atoms with Crippen LogP contribution >= 0.6 is 0 Å². The lowest BCUT2D eigenvalue weighted by Crippen LogP contribution is -2.19. The normalized spacial score (nSPS) is 11.2. The number of carbonyl (C=O) groups excluding carboxylic acids is 2. The number of carbonyl (C=O) groups is 2. The summed E-state index contributed by atoms with van der Waals surface area (Å²) in [5, 5.41) is 0. The molecule has 0 N–H and O–H groups in total. The Morgan fingerprint density at radius 3 is 2.50 bits per heavy atom. The van der Waals surface area contributed by atoms with Gasteiger partial charge < -0.3 is 9.47 Å². The molecule has 0 spiro atoms. The average molecular weight is 253 g/mol. The Balaban J connectivity index is 0. The Labute approximate surface area is 111 Å². The van der Waals surface area contributed by atoms with Crippen LogP contribution in [-0.2, 0) is 19.1 Å². The molecule has 0 aromatic rings. The first kappa shape index (κ1) is 19.2. The second kappa shape index (κ2) is 12.4. The Hall–Kier alpha value is -1.10. The topological polar surface area (TPSA) is 52.6 Å². The van der Waals surface area contributed by atoms with Gasteiger partial charge in [0.05, 0.1) is 5.92 Å². The quantitative estimate of drug-likeness (QED) is 0.257. The van der Waals surface area contributed by atoms with Crippen molar-refractivity contribution in [3.63, 3.8) is 0 Å². The van der Waals surface area contributed by atoms with E-state index in [9.17, 15) is 9.59 Å². The number of unbranched alkanes of at least 4 members (excludes halogenated alkanes) is 1. The molecule has 0 fully saturated rings. The Bertz CT molecular complexity index is 253. The molecule has 5 heteroatoms. The van der Waals surface area contributed by atoms with E-state index in [-0.39, 0.29) is 32.7 Å². The highest BCUT2D eigenvalue weighted by atomic mass is 16.5. The lowest BCUT2D eigenvalue weighted by Gasteiger charge is -2.11. The second-order valence-corrected chi connectivity index (χ2v) is 3.96. The molecule has 1 unspecified atom stereocenters. The van der Waals surface area contributed by atoms with Gasteiger partial charge in [-0.2, -0.15) is 0 Å². The molecular formula is C13H22BO4. The molecule has 0 heterocycles. The van der Waals surface area contributed by atoms with E-state index in [2.05, 4.69) is 6.58 Å². The maximum atomic E-state index is 11.3. The lowest BCUT2D eigenvalue weighted by molar-refractivity contribution is -0.146. The van der Waals surface area contributed by atoms with E-state index in [0.29, 0.717) is 19.4 Å². The summed E-state index contributed by atoms with van der Waals surface area (Å²) in [6.07, 6.45) is 4.18. The van der Waals surface area contributed by atoms with Gasteiger partial charge in [0.1, 0.15) is 12.4 Å². The number of rotatable bonds is 10. The van der Waals surface area contributed by atoms with Crippen molar-refractivity contribution < 1.29 is 19.1 Å². The molecule has 1 atom stereocenters. The molecule has 0 saturated heterocycles. The molecule has 0 bridgehead atoms. The average Bonchev–Trinajstić information content (AvgIpc) is 2.29. The zero-order valence-corrected chi connectivity index (χ0v) is 11.3. The summed E-state index contributed by atoms with van der Waals surface area (Å²) < 4.78 is 9.93. The van der Waals surface area contributed by atoms with E-state index in [0.717, 1.165) is 12.8 Å². The van der Waals surface area contributed by atoms with E-state index < -0.39 is 0 Å². The van der Waals surface area contributed by atoms with Crippen molar-refractivity contribution in [3.05, 3.63) is 12.7 Å². The van der Waals surface area contributed by atoms with Crippen LogP contribution in [0.3, 0.4) is 0 Å². The Kier molecular flexibility index (Phi) is 13.2. The van der Waals surface area contributed by atoms with Crippen molar-refractivity contribution in [2.75, 3.05) is 20.3 Å². The van der Waals surface area contributed by atoms with Gasteiger partial charge in [-0.3, -0.25) is 9.59 Å². The highest BCUT2D eigenvalue weighted by Crippen LogP contribution is 2.07. The minimum absolute atomic E-state index is 0. The zero-order valence-electron chi connectivity index (χ0n) is 11.3. The number of ketones is 1. The van der Waals surface area contributed by atoms with E-state index in [1.54, 1.807) is 13.2 Å². The zero-order chi connectivity index (χ0) is 13.1. The van der Waals surface area contributed by atoms with Gasteiger partial charge in [-0.25, -0.2) is 0 Å². The van der Waals surface area contributed by atoms with Crippen molar-refractivity contribution in [3.8, 4) is 0 Å². The number of esters is 1. The molecule has 0 aliphatic rings. The second-order valence-electron chi connectivity index (χ2n) is 3.96. The minimum atomic E-state index is -0.254. The smallest absolute Gasteiger partial charge is 0.305 e. The molecule has 3 radical (unpaired) electrons. The fourth-order valence-electron chi connectivity index (χ4n) is 1.33. The summed E-state index contributed by atoms with van der Waals surface area (Å²) in [5.74, 6) is -0.482. The fraction of sp³-hybridized carbons (Fsp3) is 0.692. The van der Waals surface area contributed by atoms with Crippen molar-refractivity contribution in [2.24, 2.45) is 5.92 Å². The standard InChI is InChI=1S/C13H22O4.B/c1-4-7-12(11(2)14)10-17-13(15)8-5-6-9-16-3;/h4,12H,1,5-10H2,2-3H3;. The fourth-order valence-corrected chi connectivity index (χ4v) is 1.33. The largest absolute Gasteiger partial charge is 0.465 e. The van der Waals surface area contributed by atoms with Gasteiger partial charge in [0, 0.05) is 28.6 Å². The molecule has 101 valence electrons.